The van der Waals surface area contributed by atoms with Gasteiger partial charge in [-0.05, 0) is 55.0 Å². The molecule has 0 N–H and O–H groups in total. The number of rotatable bonds is 5. The van der Waals surface area contributed by atoms with Crippen LogP contribution in [0.4, 0.5) is 0 Å². The highest BCUT2D eigenvalue weighted by molar-refractivity contribution is 6.30. The molecule has 2 aromatic carbocycles. The van der Waals surface area contributed by atoms with E-state index in [4.69, 9.17) is 16.3 Å². The van der Waals surface area contributed by atoms with Crippen LogP contribution >= 0.6 is 11.6 Å². The van der Waals surface area contributed by atoms with E-state index in [9.17, 15) is 4.79 Å². The normalized spacial score (nSPS) is 10.6. The average Bonchev–Trinajstić information content (AvgIpc) is 2.58. The van der Waals surface area contributed by atoms with Crippen molar-refractivity contribution in [3.63, 3.8) is 0 Å². The summed E-state index contributed by atoms with van der Waals surface area (Å²) in [5, 5.41) is 5.11. The van der Waals surface area contributed by atoms with Crippen LogP contribution < -0.4 is 10.3 Å². The number of benzene rings is 2. The summed E-state index contributed by atoms with van der Waals surface area (Å²) < 4.78 is 6.88. The number of nitrogens with zero attached hydrogens (tertiary/aromatic N) is 2. The van der Waals surface area contributed by atoms with Crippen molar-refractivity contribution in [3.8, 4) is 17.0 Å². The van der Waals surface area contributed by atoms with E-state index >= 15 is 0 Å². The zero-order chi connectivity index (χ0) is 16.9. The SMILES string of the molecule is CCOc1ccc(-c2ccc(=O)n(Cc3cccc(Cl)c3)n2)cc1. The van der Waals surface area contributed by atoms with Crippen LogP contribution in [-0.4, -0.2) is 16.4 Å². The predicted molar refractivity (Wildman–Crippen MR) is 95.7 cm³/mol. The molecule has 0 spiro atoms. The van der Waals surface area contributed by atoms with Gasteiger partial charge in [-0.1, -0.05) is 23.7 Å². The molecule has 5 heteroatoms. The van der Waals surface area contributed by atoms with Crippen molar-refractivity contribution in [2.24, 2.45) is 0 Å². The first kappa shape index (κ1) is 16.3. The van der Waals surface area contributed by atoms with Gasteiger partial charge in [-0.15, -0.1) is 0 Å². The maximum Gasteiger partial charge on any atom is 0.267 e. The highest BCUT2D eigenvalue weighted by atomic mass is 35.5. The fraction of sp³-hybridized carbons (Fsp3) is 0.158. The topological polar surface area (TPSA) is 44.1 Å². The smallest absolute Gasteiger partial charge is 0.267 e. The van der Waals surface area contributed by atoms with Gasteiger partial charge in [-0.2, -0.15) is 5.10 Å². The van der Waals surface area contributed by atoms with Gasteiger partial charge < -0.3 is 4.74 Å². The summed E-state index contributed by atoms with van der Waals surface area (Å²) in [7, 11) is 0. The van der Waals surface area contributed by atoms with Crippen LogP contribution in [0.15, 0.2) is 65.5 Å². The summed E-state index contributed by atoms with van der Waals surface area (Å²) in [5.74, 6) is 0.813. The van der Waals surface area contributed by atoms with Gasteiger partial charge in [-0.25, -0.2) is 4.68 Å². The molecule has 0 aliphatic carbocycles. The minimum atomic E-state index is -0.148. The van der Waals surface area contributed by atoms with Crippen molar-refractivity contribution in [2.75, 3.05) is 6.61 Å². The monoisotopic (exact) mass is 340 g/mol. The van der Waals surface area contributed by atoms with E-state index in [0.29, 0.717) is 18.2 Å². The second-order valence-electron chi connectivity index (χ2n) is 5.30. The van der Waals surface area contributed by atoms with E-state index in [-0.39, 0.29) is 5.56 Å². The highest BCUT2D eigenvalue weighted by Gasteiger charge is 2.05. The molecule has 0 saturated heterocycles. The summed E-state index contributed by atoms with van der Waals surface area (Å²) in [4.78, 5) is 12.1. The summed E-state index contributed by atoms with van der Waals surface area (Å²) in [6, 6.07) is 18.3. The molecular formula is C19H17ClN2O2. The number of halogens is 1. The molecule has 0 radical (unpaired) electrons. The predicted octanol–water partition coefficient (Wildman–Crippen LogP) is 4.01. The summed E-state index contributed by atoms with van der Waals surface area (Å²) in [6.45, 7) is 2.95. The Balaban J connectivity index is 1.89. The molecule has 24 heavy (non-hydrogen) atoms. The van der Waals surface area contributed by atoms with Gasteiger partial charge in [0.2, 0.25) is 0 Å². The van der Waals surface area contributed by atoms with Gasteiger partial charge >= 0.3 is 0 Å². The third-order valence-corrected chi connectivity index (χ3v) is 3.78. The van der Waals surface area contributed by atoms with Gasteiger partial charge in [0, 0.05) is 16.7 Å². The summed E-state index contributed by atoms with van der Waals surface area (Å²) >= 11 is 6.00. The third-order valence-electron chi connectivity index (χ3n) is 3.55. The Hall–Kier alpha value is -2.59. The zero-order valence-corrected chi connectivity index (χ0v) is 14.0. The molecular weight excluding hydrogens is 324 g/mol. The van der Waals surface area contributed by atoms with Gasteiger partial charge in [0.1, 0.15) is 5.75 Å². The molecule has 0 unspecified atom stereocenters. The molecule has 0 saturated carbocycles. The van der Waals surface area contributed by atoms with Crippen LogP contribution in [0.5, 0.6) is 5.75 Å². The Morgan fingerprint density at radius 2 is 1.88 bits per heavy atom. The number of ether oxygens (including phenoxy) is 1. The average molecular weight is 341 g/mol. The fourth-order valence-electron chi connectivity index (χ4n) is 2.41. The molecule has 4 nitrogen and oxygen atoms in total. The number of aromatic nitrogens is 2. The Labute approximate surface area is 145 Å². The Morgan fingerprint density at radius 1 is 1.08 bits per heavy atom. The summed E-state index contributed by atoms with van der Waals surface area (Å²) in [6.07, 6.45) is 0. The van der Waals surface area contributed by atoms with E-state index in [2.05, 4.69) is 5.10 Å². The first-order chi connectivity index (χ1) is 11.7. The van der Waals surface area contributed by atoms with E-state index in [1.165, 1.54) is 10.7 Å². The van der Waals surface area contributed by atoms with E-state index in [1.54, 1.807) is 12.1 Å². The zero-order valence-electron chi connectivity index (χ0n) is 13.3. The minimum Gasteiger partial charge on any atom is -0.494 e. The Bertz CT molecular complexity index is 888. The molecule has 0 fully saturated rings. The number of hydrogen-bond acceptors (Lipinski definition) is 3. The lowest BCUT2D eigenvalue weighted by molar-refractivity contribution is 0.340. The van der Waals surface area contributed by atoms with E-state index < -0.39 is 0 Å². The first-order valence-corrected chi connectivity index (χ1v) is 8.09. The van der Waals surface area contributed by atoms with Crippen LogP contribution in [-0.2, 0) is 6.54 Å². The van der Waals surface area contributed by atoms with Crippen LogP contribution in [0, 0.1) is 0 Å². The first-order valence-electron chi connectivity index (χ1n) is 7.71. The Morgan fingerprint density at radius 3 is 2.58 bits per heavy atom. The van der Waals surface area contributed by atoms with Crippen LogP contribution in [0.2, 0.25) is 5.02 Å². The summed E-state index contributed by atoms with van der Waals surface area (Å²) in [5.41, 5.74) is 2.45. The van der Waals surface area contributed by atoms with Crippen LogP contribution in [0.1, 0.15) is 12.5 Å². The lowest BCUT2D eigenvalue weighted by Gasteiger charge is -2.08. The molecule has 0 bridgehead atoms. The molecule has 3 rings (SSSR count). The van der Waals surface area contributed by atoms with Gasteiger partial charge in [0.05, 0.1) is 18.8 Å². The number of hydrogen-bond donors (Lipinski definition) is 0. The maximum atomic E-state index is 12.1. The van der Waals surface area contributed by atoms with Crippen molar-refractivity contribution in [1.82, 2.24) is 9.78 Å². The van der Waals surface area contributed by atoms with Crippen molar-refractivity contribution < 1.29 is 4.74 Å². The van der Waals surface area contributed by atoms with E-state index in [1.807, 2.05) is 49.4 Å². The lowest BCUT2D eigenvalue weighted by atomic mass is 10.1. The largest absolute Gasteiger partial charge is 0.494 e. The minimum absolute atomic E-state index is 0.148. The molecule has 0 atom stereocenters. The van der Waals surface area contributed by atoms with Crippen molar-refractivity contribution in [3.05, 3.63) is 81.6 Å². The molecule has 0 aliphatic rings. The third kappa shape index (κ3) is 3.84. The molecule has 122 valence electrons. The highest BCUT2D eigenvalue weighted by Crippen LogP contribution is 2.20. The van der Waals surface area contributed by atoms with Crippen LogP contribution in [0.25, 0.3) is 11.3 Å². The fourth-order valence-corrected chi connectivity index (χ4v) is 2.63. The standard InChI is InChI=1S/C19H17ClN2O2/c1-2-24-17-8-6-15(7-9-17)18-10-11-19(23)22(21-18)13-14-4-3-5-16(20)12-14/h3-12H,2,13H2,1H3. The lowest BCUT2D eigenvalue weighted by Crippen LogP contribution is -2.22. The molecule has 1 aromatic heterocycles. The quantitative estimate of drug-likeness (QED) is 0.705. The second-order valence-corrected chi connectivity index (χ2v) is 5.74. The second kappa shape index (κ2) is 7.32. The molecule has 1 heterocycles. The maximum absolute atomic E-state index is 12.1. The van der Waals surface area contributed by atoms with E-state index in [0.717, 1.165) is 22.6 Å². The van der Waals surface area contributed by atoms with Crippen molar-refractivity contribution in [2.45, 2.75) is 13.5 Å². The molecule has 3 aromatic rings. The van der Waals surface area contributed by atoms with Crippen molar-refractivity contribution >= 4 is 11.6 Å². The van der Waals surface area contributed by atoms with Gasteiger partial charge in [-0.3, -0.25) is 4.79 Å². The molecule has 0 amide bonds. The van der Waals surface area contributed by atoms with Gasteiger partial charge in [0.15, 0.2) is 0 Å². The molecule has 0 aliphatic heterocycles. The van der Waals surface area contributed by atoms with Gasteiger partial charge in [0.25, 0.3) is 5.56 Å². The van der Waals surface area contributed by atoms with Crippen LogP contribution in [0.3, 0.4) is 0 Å². The Kier molecular flexibility index (Phi) is 4.96. The van der Waals surface area contributed by atoms with Crippen molar-refractivity contribution in [1.29, 1.82) is 0 Å².